The highest BCUT2D eigenvalue weighted by Crippen LogP contribution is 2.03. The van der Waals surface area contributed by atoms with Crippen molar-refractivity contribution in [3.8, 4) is 0 Å². The summed E-state index contributed by atoms with van der Waals surface area (Å²) in [6.07, 6.45) is 0. The summed E-state index contributed by atoms with van der Waals surface area (Å²) in [5.41, 5.74) is 0. The number of aromatic nitrogens is 3. The maximum absolute atomic E-state index is 11.5. The van der Waals surface area contributed by atoms with Crippen molar-refractivity contribution < 1.29 is 14.7 Å². The smallest absolute Gasteiger partial charge is 0.308 e. The van der Waals surface area contributed by atoms with Gasteiger partial charge in [-0.25, -0.2) is 4.98 Å². The number of carbonyl (C=O) groups excluding carboxylic acids is 1. The van der Waals surface area contributed by atoms with Gasteiger partial charge in [0.1, 0.15) is 5.82 Å². The Bertz CT molecular complexity index is 401. The number of nitrogens with zero attached hydrogens (tertiary/aromatic N) is 2. The lowest BCUT2D eigenvalue weighted by molar-refractivity contribution is -0.141. The monoisotopic (exact) mass is 226 g/mol. The molecule has 0 spiro atoms. The number of nitrogens with one attached hydrogen (secondary N) is 2. The van der Waals surface area contributed by atoms with Crippen LogP contribution in [-0.2, 0) is 4.79 Å². The predicted molar refractivity (Wildman–Crippen MR) is 54.8 cm³/mol. The van der Waals surface area contributed by atoms with Crippen LogP contribution in [0.2, 0.25) is 0 Å². The van der Waals surface area contributed by atoms with Gasteiger partial charge in [0.05, 0.1) is 5.92 Å². The molecule has 0 fully saturated rings. The fourth-order valence-corrected chi connectivity index (χ4v) is 1.05. The lowest BCUT2D eigenvalue weighted by Gasteiger charge is -2.16. The molecule has 0 bridgehead atoms. The van der Waals surface area contributed by atoms with Crippen molar-refractivity contribution >= 4 is 11.9 Å². The van der Waals surface area contributed by atoms with Gasteiger partial charge in [-0.2, -0.15) is 0 Å². The van der Waals surface area contributed by atoms with Crippen LogP contribution in [-0.4, -0.2) is 38.2 Å². The van der Waals surface area contributed by atoms with Crippen molar-refractivity contribution in [1.29, 1.82) is 0 Å². The second kappa shape index (κ2) is 4.73. The van der Waals surface area contributed by atoms with E-state index in [0.29, 0.717) is 5.82 Å². The molecule has 0 saturated heterocycles. The summed E-state index contributed by atoms with van der Waals surface area (Å²) in [5.74, 6) is -1.56. The SMILES string of the molecule is Cc1nc(C(=O)NC(C)C(C)C(=O)O)n[nH]1. The number of carbonyl (C=O) groups is 2. The Morgan fingerprint density at radius 2 is 2.06 bits per heavy atom. The van der Waals surface area contributed by atoms with E-state index in [1.807, 2.05) is 0 Å². The maximum Gasteiger partial charge on any atom is 0.308 e. The number of carboxylic acids is 1. The van der Waals surface area contributed by atoms with Crippen LogP contribution in [0.5, 0.6) is 0 Å². The molecule has 0 aromatic carbocycles. The van der Waals surface area contributed by atoms with E-state index < -0.39 is 23.8 Å². The first kappa shape index (κ1) is 12.2. The first-order chi connectivity index (χ1) is 7.41. The molecule has 3 N–H and O–H groups in total. The lowest BCUT2D eigenvalue weighted by Crippen LogP contribution is -2.40. The summed E-state index contributed by atoms with van der Waals surface area (Å²) in [6, 6.07) is -0.483. The topological polar surface area (TPSA) is 108 Å². The molecule has 88 valence electrons. The molecule has 1 aromatic rings. The lowest BCUT2D eigenvalue weighted by atomic mass is 10.0. The highest BCUT2D eigenvalue weighted by atomic mass is 16.4. The average Bonchev–Trinajstić information content (AvgIpc) is 2.63. The number of aromatic amines is 1. The molecule has 0 saturated carbocycles. The largest absolute Gasteiger partial charge is 0.481 e. The van der Waals surface area contributed by atoms with Gasteiger partial charge in [-0.05, 0) is 20.8 Å². The molecule has 0 aliphatic carbocycles. The minimum absolute atomic E-state index is 0.0157. The van der Waals surface area contributed by atoms with Crippen LogP contribution in [0.15, 0.2) is 0 Å². The van der Waals surface area contributed by atoms with E-state index in [2.05, 4.69) is 20.5 Å². The number of aryl methyl sites for hydroxylation is 1. The summed E-state index contributed by atoms with van der Waals surface area (Å²) >= 11 is 0. The second-order valence-corrected chi connectivity index (χ2v) is 3.63. The van der Waals surface area contributed by atoms with Crippen LogP contribution in [0.25, 0.3) is 0 Å². The molecule has 16 heavy (non-hydrogen) atoms. The van der Waals surface area contributed by atoms with Gasteiger partial charge in [-0.15, -0.1) is 5.10 Å². The Kier molecular flexibility index (Phi) is 3.60. The Labute approximate surface area is 92.3 Å². The van der Waals surface area contributed by atoms with Crippen LogP contribution >= 0.6 is 0 Å². The molecule has 1 rings (SSSR count). The summed E-state index contributed by atoms with van der Waals surface area (Å²) in [4.78, 5) is 26.1. The number of carboxylic acid groups (broad SMARTS) is 1. The third-order valence-electron chi connectivity index (χ3n) is 2.30. The van der Waals surface area contributed by atoms with Gasteiger partial charge < -0.3 is 10.4 Å². The predicted octanol–water partition coefficient (Wildman–Crippen LogP) is -0.0479. The second-order valence-electron chi connectivity index (χ2n) is 3.63. The quantitative estimate of drug-likeness (QED) is 0.667. The highest BCUT2D eigenvalue weighted by Gasteiger charge is 2.22. The number of hydrogen-bond acceptors (Lipinski definition) is 4. The number of amides is 1. The molecular formula is C9H14N4O3. The zero-order chi connectivity index (χ0) is 12.3. The minimum atomic E-state index is -0.959. The van der Waals surface area contributed by atoms with Crippen LogP contribution in [0.4, 0.5) is 0 Å². The van der Waals surface area contributed by atoms with E-state index in [4.69, 9.17) is 5.11 Å². The van der Waals surface area contributed by atoms with Gasteiger partial charge in [-0.1, -0.05) is 0 Å². The van der Waals surface area contributed by atoms with Gasteiger partial charge >= 0.3 is 5.97 Å². The molecule has 0 aliphatic heterocycles. The van der Waals surface area contributed by atoms with Crippen LogP contribution in [0, 0.1) is 12.8 Å². The van der Waals surface area contributed by atoms with Gasteiger partial charge in [0, 0.05) is 6.04 Å². The zero-order valence-electron chi connectivity index (χ0n) is 9.31. The van der Waals surface area contributed by atoms with Gasteiger partial charge in [0.15, 0.2) is 0 Å². The fraction of sp³-hybridized carbons (Fsp3) is 0.556. The molecule has 1 heterocycles. The molecule has 1 aromatic heterocycles. The van der Waals surface area contributed by atoms with Crippen molar-refractivity contribution in [2.24, 2.45) is 5.92 Å². The summed E-state index contributed by atoms with van der Waals surface area (Å²) in [6.45, 7) is 4.82. The van der Waals surface area contributed by atoms with Crippen molar-refractivity contribution in [1.82, 2.24) is 20.5 Å². The summed E-state index contributed by atoms with van der Waals surface area (Å²) < 4.78 is 0. The van der Waals surface area contributed by atoms with Crippen molar-refractivity contribution in [2.45, 2.75) is 26.8 Å². The maximum atomic E-state index is 11.5. The average molecular weight is 226 g/mol. The standard InChI is InChI=1S/C9H14N4O3/c1-4(9(15)16)5(2)10-8(14)7-11-6(3)12-13-7/h4-5H,1-3H3,(H,10,14)(H,15,16)(H,11,12,13). The first-order valence-electron chi connectivity index (χ1n) is 4.84. The van der Waals surface area contributed by atoms with Crippen molar-refractivity contribution in [3.05, 3.63) is 11.6 Å². The zero-order valence-corrected chi connectivity index (χ0v) is 9.31. The van der Waals surface area contributed by atoms with Gasteiger partial charge in [-0.3, -0.25) is 14.7 Å². The van der Waals surface area contributed by atoms with Crippen molar-refractivity contribution in [2.75, 3.05) is 0 Å². The third kappa shape index (κ3) is 2.78. The van der Waals surface area contributed by atoms with E-state index in [-0.39, 0.29) is 5.82 Å². The molecule has 1 amide bonds. The minimum Gasteiger partial charge on any atom is -0.481 e. The number of hydrogen-bond donors (Lipinski definition) is 3. The van der Waals surface area contributed by atoms with E-state index >= 15 is 0 Å². The molecular weight excluding hydrogens is 212 g/mol. The third-order valence-corrected chi connectivity index (χ3v) is 2.30. The van der Waals surface area contributed by atoms with Crippen LogP contribution < -0.4 is 5.32 Å². The highest BCUT2D eigenvalue weighted by molar-refractivity contribution is 5.90. The number of rotatable bonds is 4. The van der Waals surface area contributed by atoms with Gasteiger partial charge in [0.25, 0.3) is 5.91 Å². The van der Waals surface area contributed by atoms with E-state index in [1.54, 1.807) is 13.8 Å². The Hall–Kier alpha value is -1.92. The molecule has 2 atom stereocenters. The Morgan fingerprint density at radius 1 is 1.44 bits per heavy atom. The van der Waals surface area contributed by atoms with E-state index in [9.17, 15) is 9.59 Å². The fourth-order valence-electron chi connectivity index (χ4n) is 1.05. The van der Waals surface area contributed by atoms with Gasteiger partial charge in [0.2, 0.25) is 5.82 Å². The number of H-pyrrole nitrogens is 1. The molecule has 0 radical (unpaired) electrons. The van der Waals surface area contributed by atoms with E-state index in [0.717, 1.165) is 0 Å². The molecule has 0 aliphatic rings. The van der Waals surface area contributed by atoms with Crippen molar-refractivity contribution in [3.63, 3.8) is 0 Å². The van der Waals surface area contributed by atoms with Crippen LogP contribution in [0.1, 0.15) is 30.3 Å². The normalized spacial score (nSPS) is 14.2. The van der Waals surface area contributed by atoms with E-state index in [1.165, 1.54) is 6.92 Å². The van der Waals surface area contributed by atoms with Crippen LogP contribution in [0.3, 0.4) is 0 Å². The first-order valence-corrected chi connectivity index (χ1v) is 4.84. The molecule has 7 heteroatoms. The molecule has 7 nitrogen and oxygen atoms in total. The number of aliphatic carboxylic acids is 1. The summed E-state index contributed by atoms with van der Waals surface area (Å²) in [5, 5.41) is 17.5. The Balaban J connectivity index is 2.61. The molecule has 2 unspecified atom stereocenters. The Morgan fingerprint density at radius 3 is 2.50 bits per heavy atom. The summed E-state index contributed by atoms with van der Waals surface area (Å²) in [7, 11) is 0.